The molecule has 4 aromatic carbocycles. The van der Waals surface area contributed by atoms with E-state index in [0.717, 1.165) is 54.0 Å². The number of anilines is 2. The molecule has 0 amide bonds. The summed E-state index contributed by atoms with van der Waals surface area (Å²) in [7, 11) is -6.87. The number of alkyl halides is 3. The molecule has 0 radical (unpaired) electrons. The summed E-state index contributed by atoms with van der Waals surface area (Å²) in [5.41, 5.74) is -1.10. The molecule has 1 saturated heterocycles. The Morgan fingerprint density at radius 1 is 0.903 bits per heavy atom. The number of fused-ring (bicyclic) bond motifs is 1. The van der Waals surface area contributed by atoms with Gasteiger partial charge in [-0.1, -0.05) is 70.5 Å². The zero-order valence-corrected chi connectivity index (χ0v) is 38.4. The number of likely N-dealkylation sites (tertiary alicyclic amines) is 1. The van der Waals surface area contributed by atoms with E-state index in [2.05, 4.69) is 94.3 Å². The normalized spacial score (nSPS) is 16.2. The Hall–Kier alpha value is -4.04. The lowest BCUT2D eigenvalue weighted by atomic mass is 9.96. The van der Waals surface area contributed by atoms with E-state index >= 15 is 0 Å². The minimum absolute atomic E-state index is 0.0121. The second-order valence-corrected chi connectivity index (χ2v) is 21.4. The Balaban J connectivity index is 1.04. The largest absolute Gasteiger partial charge is 0.501 e. The van der Waals surface area contributed by atoms with E-state index in [-0.39, 0.29) is 11.5 Å². The number of nitrogens with zero attached hydrogens (tertiary/aromatic N) is 5. The molecule has 62 heavy (non-hydrogen) atoms. The van der Waals surface area contributed by atoms with E-state index in [1.165, 1.54) is 34.8 Å². The highest BCUT2D eigenvalue weighted by molar-refractivity contribution is 9.10. The number of sulfone groups is 1. The smallest absolute Gasteiger partial charge is 0.380 e. The van der Waals surface area contributed by atoms with Crippen LogP contribution in [-0.2, 0) is 39.4 Å². The van der Waals surface area contributed by atoms with Crippen molar-refractivity contribution in [1.82, 2.24) is 24.7 Å². The number of hydrogen-bond donors (Lipinski definition) is 2. The van der Waals surface area contributed by atoms with Crippen molar-refractivity contribution in [2.45, 2.75) is 71.1 Å². The van der Waals surface area contributed by atoms with Crippen molar-refractivity contribution >= 4 is 59.1 Å². The molecule has 0 spiro atoms. The molecule has 1 aromatic heterocycles. The third-order valence-corrected chi connectivity index (χ3v) is 15.8. The molecule has 0 saturated carbocycles. The Bertz CT molecular complexity index is 2550. The van der Waals surface area contributed by atoms with Crippen LogP contribution in [0.15, 0.2) is 123 Å². The Morgan fingerprint density at radius 3 is 2.32 bits per heavy atom. The van der Waals surface area contributed by atoms with Crippen molar-refractivity contribution in [3.8, 4) is 11.1 Å². The van der Waals surface area contributed by atoms with Crippen LogP contribution in [-0.4, -0.2) is 105 Å². The van der Waals surface area contributed by atoms with E-state index in [4.69, 9.17) is 0 Å². The van der Waals surface area contributed by atoms with Crippen molar-refractivity contribution in [1.29, 1.82) is 0 Å². The van der Waals surface area contributed by atoms with Crippen molar-refractivity contribution in [2.75, 3.05) is 56.1 Å². The van der Waals surface area contributed by atoms with Crippen LogP contribution < -0.4 is 10.0 Å². The van der Waals surface area contributed by atoms with Gasteiger partial charge in [0.25, 0.3) is 19.9 Å². The number of piperidine rings is 1. The number of aromatic nitrogens is 2. The lowest BCUT2D eigenvalue weighted by molar-refractivity contribution is -0.0435. The van der Waals surface area contributed by atoms with Gasteiger partial charge in [-0.25, -0.2) is 26.8 Å². The highest BCUT2D eigenvalue weighted by Crippen LogP contribution is 2.38. The zero-order chi connectivity index (χ0) is 44.1. The van der Waals surface area contributed by atoms with Gasteiger partial charge in [0, 0.05) is 52.4 Å². The summed E-state index contributed by atoms with van der Waals surface area (Å²) in [6, 6.07) is 28.9. The average Bonchev–Trinajstić information content (AvgIpc) is 3.25. The molecular weight excluding hydrogens is 924 g/mol. The first kappa shape index (κ1) is 46.0. The number of hydrogen-bond acceptors (Lipinski definition) is 11. The third-order valence-electron chi connectivity index (χ3n) is 11.2. The van der Waals surface area contributed by atoms with E-state index in [1.807, 2.05) is 49.3 Å². The number of halogens is 4. The van der Waals surface area contributed by atoms with Crippen LogP contribution >= 0.6 is 27.7 Å². The number of benzene rings is 4. The molecule has 0 unspecified atom stereocenters. The zero-order valence-electron chi connectivity index (χ0n) is 34.4. The van der Waals surface area contributed by atoms with Crippen molar-refractivity contribution in [3.63, 3.8) is 0 Å². The van der Waals surface area contributed by atoms with Crippen LogP contribution in [0.1, 0.15) is 36.1 Å². The first-order valence-electron chi connectivity index (χ1n) is 20.3. The van der Waals surface area contributed by atoms with E-state index in [9.17, 15) is 30.0 Å². The quantitative estimate of drug-likeness (QED) is 0.0924. The molecule has 2 aliphatic rings. The molecule has 7 rings (SSSR count). The van der Waals surface area contributed by atoms with Crippen LogP contribution in [0.4, 0.5) is 24.7 Å². The number of nitrogens with one attached hydrogen (secondary N) is 2. The summed E-state index contributed by atoms with van der Waals surface area (Å²) in [4.78, 5) is 14.6. The lowest BCUT2D eigenvalue weighted by Gasteiger charge is -2.40. The molecule has 18 heteroatoms. The van der Waals surface area contributed by atoms with Gasteiger partial charge in [0.1, 0.15) is 17.0 Å². The Morgan fingerprint density at radius 2 is 1.61 bits per heavy atom. The van der Waals surface area contributed by atoms with Gasteiger partial charge in [-0.3, -0.25) is 14.5 Å². The molecule has 1 atom stereocenters. The highest BCUT2D eigenvalue weighted by Gasteiger charge is 2.48. The van der Waals surface area contributed by atoms with Crippen LogP contribution in [0.2, 0.25) is 0 Å². The lowest BCUT2D eigenvalue weighted by Crippen LogP contribution is -2.46. The fraction of sp³-hybridized carbons (Fsp3) is 0.364. The molecular formula is C44H49BrF3N7O4S3. The molecule has 1 fully saturated rings. The predicted molar refractivity (Wildman–Crippen MR) is 242 cm³/mol. The summed E-state index contributed by atoms with van der Waals surface area (Å²) in [6.45, 7) is 4.36. The maximum Gasteiger partial charge on any atom is 0.501 e. The monoisotopic (exact) mass is 971 g/mol. The van der Waals surface area contributed by atoms with Crippen LogP contribution in [0.5, 0.6) is 0 Å². The molecule has 0 bridgehead atoms. The first-order valence-corrected chi connectivity index (χ1v) is 25.0. The number of sulfonamides is 1. The summed E-state index contributed by atoms with van der Waals surface area (Å²) in [5, 5.41) is 3.00. The molecule has 3 heterocycles. The molecule has 0 aliphatic carbocycles. The first-order chi connectivity index (χ1) is 29.6. The average molecular weight is 973 g/mol. The maximum atomic E-state index is 14.2. The highest BCUT2D eigenvalue weighted by atomic mass is 79.9. The van der Waals surface area contributed by atoms with Gasteiger partial charge in [0.05, 0.1) is 16.3 Å². The molecule has 11 nitrogen and oxygen atoms in total. The van der Waals surface area contributed by atoms with Crippen LogP contribution in [0, 0.1) is 0 Å². The second kappa shape index (κ2) is 19.8. The Labute approximate surface area is 374 Å². The molecule has 5 aromatic rings. The molecule has 330 valence electrons. The van der Waals surface area contributed by atoms with Gasteiger partial charge in [-0.15, -0.1) is 11.8 Å². The summed E-state index contributed by atoms with van der Waals surface area (Å²) < 4.78 is 99.8. The van der Waals surface area contributed by atoms with Crippen molar-refractivity contribution < 1.29 is 30.0 Å². The molecule has 2 aliphatic heterocycles. The van der Waals surface area contributed by atoms with Gasteiger partial charge >= 0.3 is 5.51 Å². The van der Waals surface area contributed by atoms with Gasteiger partial charge in [-0.05, 0) is 119 Å². The van der Waals surface area contributed by atoms with Gasteiger partial charge in [0.2, 0.25) is 0 Å². The van der Waals surface area contributed by atoms with Gasteiger partial charge in [0.15, 0.2) is 0 Å². The number of thioether (sulfide) groups is 1. The minimum Gasteiger partial charge on any atom is -0.380 e. The predicted octanol–water partition coefficient (Wildman–Crippen LogP) is 8.55. The Kier molecular flexibility index (Phi) is 14.7. The summed E-state index contributed by atoms with van der Waals surface area (Å²) in [5.74, 6) is 0.418. The standard InChI is InChI=1S/C44H49BrF3N7O4S3/c1-53(2)22-18-34(29-60-36-9-4-3-5-10-36)51-40-17-16-37(26-42(40)61(56,57)44(46,47)48)62(58,59)52-43-39-21-25-55(28-41(39)49-30-50-43)35-19-23-54(24-20-35)27-32-8-6-7-11-38(32)31-12-14-33(45)15-13-31/h3-17,26,30,34-35,51H,18-25,27-29H2,1-2H3,(H,49,50,52)/t34-/m1/s1. The van der Waals surface area contributed by atoms with Gasteiger partial charge in [-0.2, -0.15) is 13.2 Å². The topological polar surface area (TPSA) is 128 Å². The summed E-state index contributed by atoms with van der Waals surface area (Å²) in [6.07, 6.45) is 4.09. The van der Waals surface area contributed by atoms with Gasteiger partial charge < -0.3 is 10.2 Å². The molecule has 2 N–H and O–H groups in total. The van der Waals surface area contributed by atoms with Crippen molar-refractivity contribution in [3.05, 3.63) is 125 Å². The third kappa shape index (κ3) is 11.2. The van der Waals surface area contributed by atoms with E-state index in [0.29, 0.717) is 61.6 Å². The number of rotatable bonds is 16. The fourth-order valence-corrected chi connectivity index (χ4v) is 11.2. The van der Waals surface area contributed by atoms with E-state index in [1.54, 1.807) is 0 Å². The van der Waals surface area contributed by atoms with Crippen molar-refractivity contribution in [2.24, 2.45) is 0 Å². The maximum absolute atomic E-state index is 14.2. The van der Waals surface area contributed by atoms with Crippen LogP contribution in [0.25, 0.3) is 11.1 Å². The second-order valence-electron chi connectivity index (χ2n) is 15.8. The fourth-order valence-electron chi connectivity index (χ4n) is 7.89. The summed E-state index contributed by atoms with van der Waals surface area (Å²) >= 11 is 5.00. The van der Waals surface area contributed by atoms with Crippen LogP contribution in [0.3, 0.4) is 0 Å². The minimum atomic E-state index is -5.98. The van der Waals surface area contributed by atoms with E-state index < -0.39 is 41.2 Å². The SMILES string of the molecule is CN(C)CC[C@H](CSc1ccccc1)Nc1ccc(S(=O)(=O)Nc2ncnc3c2CCN(C2CCN(Cc4ccccc4-c4ccc(Br)cc4)CC2)C3)cc1S(=O)(=O)C(F)(F)F.